The zero-order valence-electron chi connectivity index (χ0n) is 43.9. The minimum absolute atomic E-state index is 0. The molecule has 0 saturated carbocycles. The van der Waals surface area contributed by atoms with Gasteiger partial charge in [0, 0.05) is 55.6 Å². The topological polar surface area (TPSA) is 139 Å². The number of H-pyrrole nitrogens is 2. The first-order valence-corrected chi connectivity index (χ1v) is 27.2. The first-order chi connectivity index (χ1) is 39.7. The van der Waals surface area contributed by atoms with Gasteiger partial charge in [0.05, 0.1) is 23.3 Å². The third kappa shape index (κ3) is 7.45. The van der Waals surface area contributed by atoms with E-state index in [0.29, 0.717) is 23.3 Å². The Labute approximate surface area is 482 Å². The largest absolute Gasteiger partial charge is 2.00 e. The van der Waals surface area contributed by atoms with Gasteiger partial charge in [-0.1, -0.05) is 218 Å². The van der Waals surface area contributed by atoms with Crippen LogP contribution in [0.3, 0.4) is 0 Å². The maximum absolute atomic E-state index is 5.73. The summed E-state index contributed by atoms with van der Waals surface area (Å²) in [6, 6.07) is 86.9. The van der Waals surface area contributed by atoms with Crippen LogP contribution in [0.1, 0.15) is 0 Å². The maximum atomic E-state index is 5.73. The number of hydrogen-bond acceptors (Lipinski definition) is 4. The molecule has 1 aliphatic heterocycles. The second kappa shape index (κ2) is 19.2. The molecule has 9 nitrogen and oxygen atoms in total. The summed E-state index contributed by atoms with van der Waals surface area (Å²) in [5, 5.41) is 33.2. The molecule has 82 heavy (non-hydrogen) atoms. The Hall–Kier alpha value is -10.4. The van der Waals surface area contributed by atoms with Crippen LogP contribution in [0.5, 0.6) is 0 Å². The Morgan fingerprint density at radius 2 is 0.488 bits per heavy atom. The van der Waals surface area contributed by atoms with E-state index >= 15 is 0 Å². The molecule has 0 amide bonds. The molecule has 1 radical (unpaired) electrons. The third-order valence-electron chi connectivity index (χ3n) is 16.4. The van der Waals surface area contributed by atoms with Gasteiger partial charge in [0.1, 0.15) is 0 Å². The molecular weight excluding hydrogens is 1040 g/mol. The van der Waals surface area contributed by atoms with Crippen LogP contribution >= 0.6 is 0 Å². The van der Waals surface area contributed by atoms with Crippen molar-refractivity contribution in [2.45, 2.75) is 0 Å². The summed E-state index contributed by atoms with van der Waals surface area (Å²) in [4.78, 5) is 19.4. The van der Waals surface area contributed by atoms with E-state index in [-0.39, 0.29) is 24.0 Å². The van der Waals surface area contributed by atoms with E-state index in [2.05, 4.69) is 274 Å². The second-order valence-corrected chi connectivity index (χ2v) is 20.9. The normalized spacial score (nSPS) is 12.1. The van der Waals surface area contributed by atoms with Crippen molar-refractivity contribution >= 4 is 133 Å². The SMILES string of the molecule is O.[V+2].c1ccc(-c2c3ccccc3cc3c4[n-]c(c23)Nc2[nH]c(c3c(-c5ccccc5)c5ccccc5cc23)Nc2[n-]c(c3c(-c5ccccc5)c5ccccc5cc23)Nc2[nH]c(c3c(-c5ccccc5)c5ccccc5cc23)N4)cc1. The van der Waals surface area contributed by atoms with Crippen molar-refractivity contribution in [1.29, 1.82) is 0 Å². The fraction of sp³-hybridized carbons (Fsp3) is 0. The number of nitrogens with zero attached hydrogens (tertiary/aromatic N) is 2. The fourth-order valence-electron chi connectivity index (χ4n) is 13.0. The molecule has 387 valence electrons. The van der Waals surface area contributed by atoms with Crippen LogP contribution in [0, 0.1) is 0 Å². The summed E-state index contributed by atoms with van der Waals surface area (Å²) in [6.07, 6.45) is 0. The smallest absolute Gasteiger partial charge is 0.412 e. The number of nitrogens with one attached hydrogen (secondary N) is 6. The zero-order valence-corrected chi connectivity index (χ0v) is 45.3. The molecule has 10 heteroatoms. The van der Waals surface area contributed by atoms with E-state index in [9.17, 15) is 0 Å². The Morgan fingerprint density at radius 1 is 0.232 bits per heavy atom. The molecule has 16 aromatic rings. The first kappa shape index (κ1) is 48.7. The van der Waals surface area contributed by atoms with Crippen LogP contribution < -0.4 is 31.2 Å². The van der Waals surface area contributed by atoms with Crippen LogP contribution in [0.4, 0.5) is 46.5 Å². The van der Waals surface area contributed by atoms with Crippen LogP contribution in [-0.4, -0.2) is 15.4 Å². The summed E-state index contributed by atoms with van der Waals surface area (Å²) < 4.78 is 0. The summed E-state index contributed by atoms with van der Waals surface area (Å²) in [5.74, 6) is 6.04. The van der Waals surface area contributed by atoms with Gasteiger partial charge in [-0.05, 0) is 123 Å². The number of rotatable bonds is 4. The van der Waals surface area contributed by atoms with Crippen LogP contribution in [0.25, 0.3) is 131 Å². The van der Waals surface area contributed by atoms with Crippen molar-refractivity contribution in [3.05, 3.63) is 243 Å². The number of aromatic amines is 2. The van der Waals surface area contributed by atoms with Crippen LogP contribution in [0.15, 0.2) is 243 Å². The molecule has 0 fully saturated rings. The van der Waals surface area contributed by atoms with Gasteiger partial charge < -0.3 is 46.7 Å². The van der Waals surface area contributed by atoms with Gasteiger partial charge in [-0.25, -0.2) is 0 Å². The third-order valence-corrected chi connectivity index (χ3v) is 16.4. The molecular formula is C72H48N8OV. The standard InChI is InChI=1S/C72H46N8.H2O.V/c1-5-21-41(22-6-1)57-49-33-17-13-29-45(49)37-53-61(57)69-73-65(53)78-70-63-55(39-47-31-15-19-35-51(47)59(63)43-25-9-3-10-26-43)67(75-70)80-72-64-56(40-48-32-16-20-36-52(48)60(64)44-27-11-4-12-28-44)68(76-72)79-71-62-54(66(74-71)77-69)38-46-30-14-18-34-50(46)58(62)42-23-7-2-8-24-42;;/h1-40,73,76-80H;1H2;/q-2;;+2. The van der Waals surface area contributed by atoms with Gasteiger partial charge >= 0.3 is 18.6 Å². The fourth-order valence-corrected chi connectivity index (χ4v) is 13.0. The molecule has 5 heterocycles. The van der Waals surface area contributed by atoms with E-state index in [0.717, 1.165) is 154 Å². The number of benzene rings is 12. The molecule has 4 aromatic heterocycles. The summed E-state index contributed by atoms with van der Waals surface area (Å²) in [6.45, 7) is 0. The predicted molar refractivity (Wildman–Crippen MR) is 340 cm³/mol. The van der Waals surface area contributed by atoms with Gasteiger partial charge in [0.25, 0.3) is 0 Å². The first-order valence-electron chi connectivity index (χ1n) is 27.2. The Kier molecular flexibility index (Phi) is 11.4. The Bertz CT molecular complexity index is 4530. The average Bonchev–Trinajstić information content (AvgIpc) is 4.45. The predicted octanol–water partition coefficient (Wildman–Crippen LogP) is 18.6. The molecule has 0 unspecified atom stereocenters. The molecule has 8 bridgehead atoms. The van der Waals surface area contributed by atoms with Crippen LogP contribution in [0.2, 0.25) is 0 Å². The monoisotopic (exact) mass is 1090 g/mol. The van der Waals surface area contributed by atoms with Crippen molar-refractivity contribution in [3.63, 3.8) is 0 Å². The van der Waals surface area contributed by atoms with Crippen molar-refractivity contribution in [3.8, 4) is 44.5 Å². The molecule has 0 saturated heterocycles. The van der Waals surface area contributed by atoms with Crippen molar-refractivity contribution < 1.29 is 24.0 Å². The van der Waals surface area contributed by atoms with E-state index in [1.807, 2.05) is 0 Å². The molecule has 12 aromatic carbocycles. The summed E-state index contributed by atoms with van der Waals surface area (Å²) >= 11 is 0. The van der Waals surface area contributed by atoms with Crippen molar-refractivity contribution in [2.24, 2.45) is 0 Å². The van der Waals surface area contributed by atoms with E-state index < -0.39 is 0 Å². The van der Waals surface area contributed by atoms with Gasteiger partial charge in [0.15, 0.2) is 0 Å². The van der Waals surface area contributed by atoms with Gasteiger partial charge in [-0.3, -0.25) is 0 Å². The second-order valence-electron chi connectivity index (χ2n) is 20.9. The van der Waals surface area contributed by atoms with E-state index in [4.69, 9.17) is 9.97 Å². The molecule has 17 rings (SSSR count). The van der Waals surface area contributed by atoms with E-state index in [1.54, 1.807) is 0 Å². The summed E-state index contributed by atoms with van der Waals surface area (Å²) in [5.41, 5.74) is 8.81. The van der Waals surface area contributed by atoms with Gasteiger partial charge in [0.2, 0.25) is 0 Å². The summed E-state index contributed by atoms with van der Waals surface area (Å²) in [7, 11) is 0. The number of fused-ring (bicyclic) bond motifs is 24. The van der Waals surface area contributed by atoms with Gasteiger partial charge in [-0.15, -0.1) is 0 Å². The molecule has 8 N–H and O–H groups in total. The quantitative estimate of drug-likeness (QED) is 0.104. The maximum Gasteiger partial charge on any atom is 2.00 e. The molecule has 0 aliphatic carbocycles. The van der Waals surface area contributed by atoms with E-state index in [1.165, 1.54) is 0 Å². The zero-order chi connectivity index (χ0) is 52.4. The minimum Gasteiger partial charge on any atom is -0.412 e. The van der Waals surface area contributed by atoms with Gasteiger partial charge in [-0.2, -0.15) is 0 Å². The minimum atomic E-state index is 0. The number of hydrogen-bond donors (Lipinski definition) is 6. The Balaban J connectivity index is 0.00000288. The van der Waals surface area contributed by atoms with Crippen molar-refractivity contribution in [2.75, 3.05) is 21.3 Å². The number of anilines is 8. The van der Waals surface area contributed by atoms with Crippen LogP contribution in [-0.2, 0) is 18.6 Å². The Morgan fingerprint density at radius 3 is 0.805 bits per heavy atom. The molecule has 0 atom stereocenters. The molecule has 0 spiro atoms. The molecule has 1 aliphatic rings. The average molecular weight is 1090 g/mol. The number of aromatic nitrogens is 4. The van der Waals surface area contributed by atoms with Crippen molar-refractivity contribution in [1.82, 2.24) is 19.9 Å².